The summed E-state index contributed by atoms with van der Waals surface area (Å²) >= 11 is 1.43. The summed E-state index contributed by atoms with van der Waals surface area (Å²) in [4.78, 5) is 20.0. The van der Waals surface area contributed by atoms with Gasteiger partial charge in [0.1, 0.15) is 5.75 Å². The zero-order valence-corrected chi connectivity index (χ0v) is 16.0. The Balaban J connectivity index is 1.92. The standard InChI is InChI=1S/C21H22N2O2S/c1-4-12-23-20(24)19(14-16-10-11-18(25-3)15(2)13-16)26-21(23)22-17-8-6-5-7-9-17/h5-11,13-14H,4,12H2,1-3H3. The van der Waals surface area contributed by atoms with Crippen molar-refractivity contribution in [1.82, 2.24) is 4.90 Å². The number of hydrogen-bond acceptors (Lipinski definition) is 4. The summed E-state index contributed by atoms with van der Waals surface area (Å²) in [7, 11) is 1.66. The second-order valence-corrected chi connectivity index (χ2v) is 7.04. The predicted octanol–water partition coefficient (Wildman–Crippen LogP) is 5.02. The number of para-hydroxylation sites is 1. The number of nitrogens with zero attached hydrogens (tertiary/aromatic N) is 2. The molecule has 1 saturated heterocycles. The fourth-order valence-corrected chi connectivity index (χ4v) is 3.79. The van der Waals surface area contributed by atoms with Crippen LogP contribution in [-0.4, -0.2) is 29.6 Å². The predicted molar refractivity (Wildman–Crippen MR) is 109 cm³/mol. The monoisotopic (exact) mass is 366 g/mol. The Morgan fingerprint density at radius 2 is 1.96 bits per heavy atom. The van der Waals surface area contributed by atoms with Crippen LogP contribution < -0.4 is 4.74 Å². The van der Waals surface area contributed by atoms with Gasteiger partial charge in [-0.3, -0.25) is 9.69 Å². The van der Waals surface area contributed by atoms with Crippen LogP contribution >= 0.6 is 11.8 Å². The van der Waals surface area contributed by atoms with Crippen molar-refractivity contribution in [3.05, 3.63) is 64.6 Å². The van der Waals surface area contributed by atoms with Gasteiger partial charge in [0, 0.05) is 6.54 Å². The van der Waals surface area contributed by atoms with Crippen LogP contribution in [0.1, 0.15) is 24.5 Å². The number of rotatable bonds is 5. The van der Waals surface area contributed by atoms with E-state index in [-0.39, 0.29) is 5.91 Å². The van der Waals surface area contributed by atoms with Crippen LogP contribution in [0.2, 0.25) is 0 Å². The molecule has 0 aromatic heterocycles. The van der Waals surface area contributed by atoms with E-state index in [2.05, 4.69) is 11.9 Å². The second-order valence-electron chi connectivity index (χ2n) is 6.03. The molecule has 2 aromatic rings. The Hall–Kier alpha value is -2.53. The van der Waals surface area contributed by atoms with Gasteiger partial charge in [-0.1, -0.05) is 31.2 Å². The number of hydrogen-bond donors (Lipinski definition) is 0. The topological polar surface area (TPSA) is 41.9 Å². The normalized spacial score (nSPS) is 17.3. The van der Waals surface area contributed by atoms with Crippen molar-refractivity contribution in [2.45, 2.75) is 20.3 Å². The van der Waals surface area contributed by atoms with Gasteiger partial charge < -0.3 is 4.74 Å². The van der Waals surface area contributed by atoms with Crippen LogP contribution in [0.3, 0.4) is 0 Å². The summed E-state index contributed by atoms with van der Waals surface area (Å²) in [6.07, 6.45) is 2.81. The number of thioether (sulfide) groups is 1. The largest absolute Gasteiger partial charge is 0.496 e. The zero-order chi connectivity index (χ0) is 18.5. The average Bonchev–Trinajstić information content (AvgIpc) is 2.92. The van der Waals surface area contributed by atoms with Crippen molar-refractivity contribution in [3.8, 4) is 5.75 Å². The lowest BCUT2D eigenvalue weighted by atomic mass is 10.1. The van der Waals surface area contributed by atoms with E-state index in [1.807, 2.05) is 61.5 Å². The molecule has 0 bridgehead atoms. The maximum Gasteiger partial charge on any atom is 0.266 e. The van der Waals surface area contributed by atoms with Crippen molar-refractivity contribution in [3.63, 3.8) is 0 Å². The number of benzene rings is 2. The summed E-state index contributed by atoms with van der Waals surface area (Å²) < 4.78 is 5.30. The fourth-order valence-electron chi connectivity index (χ4n) is 2.77. The van der Waals surface area contributed by atoms with E-state index in [1.165, 1.54) is 11.8 Å². The van der Waals surface area contributed by atoms with Crippen LogP contribution in [0.4, 0.5) is 5.69 Å². The van der Waals surface area contributed by atoms with E-state index in [0.717, 1.165) is 34.2 Å². The number of ether oxygens (including phenoxy) is 1. The van der Waals surface area contributed by atoms with E-state index in [1.54, 1.807) is 12.0 Å². The minimum Gasteiger partial charge on any atom is -0.496 e. The molecule has 0 aliphatic carbocycles. The third-order valence-corrected chi connectivity index (χ3v) is 5.04. The van der Waals surface area contributed by atoms with Gasteiger partial charge in [0.25, 0.3) is 5.91 Å². The molecule has 0 radical (unpaired) electrons. The van der Waals surface area contributed by atoms with E-state index in [0.29, 0.717) is 11.4 Å². The maximum atomic E-state index is 12.8. The highest BCUT2D eigenvalue weighted by Gasteiger charge is 2.32. The number of amides is 1. The van der Waals surface area contributed by atoms with Crippen LogP contribution in [-0.2, 0) is 4.79 Å². The number of methoxy groups -OCH3 is 1. The van der Waals surface area contributed by atoms with Gasteiger partial charge in [-0.05, 0) is 66.6 Å². The number of aliphatic imine (C=N–C) groups is 1. The first-order chi connectivity index (χ1) is 12.6. The SMILES string of the molecule is CCCN1C(=O)C(=Cc2ccc(OC)c(C)c2)SC1=Nc1ccccc1. The quantitative estimate of drug-likeness (QED) is 0.698. The lowest BCUT2D eigenvalue weighted by Gasteiger charge is -2.13. The van der Waals surface area contributed by atoms with Crippen LogP contribution in [0, 0.1) is 6.92 Å². The molecule has 1 amide bonds. The van der Waals surface area contributed by atoms with Gasteiger partial charge >= 0.3 is 0 Å². The van der Waals surface area contributed by atoms with Gasteiger partial charge in [-0.25, -0.2) is 4.99 Å². The minimum atomic E-state index is 0.0139. The Morgan fingerprint density at radius 1 is 1.19 bits per heavy atom. The highest BCUT2D eigenvalue weighted by Crippen LogP contribution is 2.34. The van der Waals surface area contributed by atoms with E-state index >= 15 is 0 Å². The lowest BCUT2D eigenvalue weighted by molar-refractivity contribution is -0.122. The third-order valence-electron chi connectivity index (χ3n) is 4.03. The Bertz CT molecular complexity index is 860. The molecule has 5 heteroatoms. The molecular weight excluding hydrogens is 344 g/mol. The van der Waals surface area contributed by atoms with Crippen molar-refractivity contribution in [2.75, 3.05) is 13.7 Å². The second kappa shape index (κ2) is 8.23. The molecule has 1 fully saturated rings. The average molecular weight is 366 g/mol. The Labute approximate surface area is 158 Å². The molecule has 26 heavy (non-hydrogen) atoms. The summed E-state index contributed by atoms with van der Waals surface area (Å²) in [5.41, 5.74) is 2.88. The van der Waals surface area contributed by atoms with Gasteiger partial charge in [-0.2, -0.15) is 0 Å². The fraction of sp³-hybridized carbons (Fsp3) is 0.238. The highest BCUT2D eigenvalue weighted by atomic mass is 32.2. The molecule has 1 heterocycles. The van der Waals surface area contributed by atoms with Crippen molar-refractivity contribution in [1.29, 1.82) is 0 Å². The number of amidine groups is 1. The van der Waals surface area contributed by atoms with Crippen molar-refractivity contribution >= 4 is 34.6 Å². The zero-order valence-electron chi connectivity index (χ0n) is 15.2. The Morgan fingerprint density at radius 3 is 2.62 bits per heavy atom. The molecule has 3 rings (SSSR count). The molecule has 0 N–H and O–H groups in total. The third kappa shape index (κ3) is 3.99. The van der Waals surface area contributed by atoms with Crippen LogP contribution in [0.25, 0.3) is 6.08 Å². The molecule has 1 aliphatic heterocycles. The Kier molecular flexibility index (Phi) is 5.78. The van der Waals surface area contributed by atoms with Gasteiger partial charge in [0.15, 0.2) is 5.17 Å². The highest BCUT2D eigenvalue weighted by molar-refractivity contribution is 8.18. The summed E-state index contributed by atoms with van der Waals surface area (Å²) in [5.74, 6) is 0.858. The first-order valence-electron chi connectivity index (χ1n) is 8.62. The smallest absolute Gasteiger partial charge is 0.266 e. The molecular formula is C21H22N2O2S. The molecule has 4 nitrogen and oxygen atoms in total. The summed E-state index contributed by atoms with van der Waals surface area (Å²) in [6, 6.07) is 15.6. The van der Waals surface area contributed by atoms with Crippen LogP contribution in [0.15, 0.2) is 58.4 Å². The van der Waals surface area contributed by atoms with E-state index < -0.39 is 0 Å². The molecule has 0 saturated carbocycles. The van der Waals surface area contributed by atoms with Crippen molar-refractivity contribution in [2.24, 2.45) is 4.99 Å². The molecule has 0 atom stereocenters. The number of aryl methyl sites for hydroxylation is 1. The van der Waals surface area contributed by atoms with Crippen LogP contribution in [0.5, 0.6) is 5.75 Å². The summed E-state index contributed by atoms with van der Waals surface area (Å²) in [6.45, 7) is 4.72. The molecule has 0 spiro atoms. The lowest BCUT2D eigenvalue weighted by Crippen LogP contribution is -2.29. The van der Waals surface area contributed by atoms with Crippen molar-refractivity contribution < 1.29 is 9.53 Å². The van der Waals surface area contributed by atoms with E-state index in [9.17, 15) is 4.79 Å². The van der Waals surface area contributed by atoms with Gasteiger partial charge in [0.2, 0.25) is 0 Å². The molecule has 2 aromatic carbocycles. The van der Waals surface area contributed by atoms with E-state index in [4.69, 9.17) is 4.74 Å². The first-order valence-corrected chi connectivity index (χ1v) is 9.44. The number of carbonyl (C=O) groups is 1. The number of carbonyl (C=O) groups excluding carboxylic acids is 1. The summed E-state index contributed by atoms with van der Waals surface area (Å²) in [5, 5.41) is 0.736. The van der Waals surface area contributed by atoms with Gasteiger partial charge in [0.05, 0.1) is 17.7 Å². The first kappa shape index (κ1) is 18.3. The molecule has 1 aliphatic rings. The molecule has 0 unspecified atom stereocenters. The minimum absolute atomic E-state index is 0.0139. The maximum absolute atomic E-state index is 12.8. The molecule has 134 valence electrons. The van der Waals surface area contributed by atoms with Gasteiger partial charge in [-0.15, -0.1) is 0 Å².